The molecule has 0 unspecified atom stereocenters. The molecule has 1 aliphatic heterocycles. The predicted octanol–water partition coefficient (Wildman–Crippen LogP) is 2.87. The Balaban J connectivity index is 1.09. The molecule has 8 heteroatoms. The fourth-order valence-corrected chi connectivity index (χ4v) is 3.92. The molecule has 2 fully saturated rings. The van der Waals surface area contributed by atoms with E-state index in [1.54, 1.807) is 6.20 Å². The molecule has 3 heterocycles. The molecule has 1 saturated heterocycles. The standard InChI is InChI=1S/C22H23ClN6O/c23-19-5-1-15(2-6-19)11-29-12-16(8-25-29)10-28-13-20(14-28)26-22(30)21-7-18(9-24-27-21)17-3-4-17/h1-2,5-9,12,17,20H,3-4,10-11,13-14H2,(H,26,30). The van der Waals surface area contributed by atoms with Gasteiger partial charge in [-0.05, 0) is 48.1 Å². The van der Waals surface area contributed by atoms with Gasteiger partial charge in [0.2, 0.25) is 0 Å². The Morgan fingerprint density at radius 1 is 1.10 bits per heavy atom. The molecular weight excluding hydrogens is 400 g/mol. The van der Waals surface area contributed by atoms with Gasteiger partial charge in [0.05, 0.1) is 25.0 Å². The lowest BCUT2D eigenvalue weighted by atomic mass is 10.1. The molecule has 1 aliphatic carbocycles. The van der Waals surface area contributed by atoms with Crippen molar-refractivity contribution in [2.45, 2.75) is 37.9 Å². The number of nitrogens with one attached hydrogen (secondary N) is 1. The zero-order valence-electron chi connectivity index (χ0n) is 16.5. The van der Waals surface area contributed by atoms with Gasteiger partial charge >= 0.3 is 0 Å². The van der Waals surface area contributed by atoms with E-state index in [1.807, 2.05) is 41.2 Å². The van der Waals surface area contributed by atoms with Crippen LogP contribution < -0.4 is 5.32 Å². The Bertz CT molecular complexity index is 1040. The molecule has 154 valence electrons. The first-order valence-electron chi connectivity index (χ1n) is 10.2. The SMILES string of the molecule is O=C(NC1CN(Cc2cnn(Cc3ccc(Cl)cc3)c2)C1)c1cc(C2CC2)cnn1. The maximum Gasteiger partial charge on any atom is 0.272 e. The zero-order chi connectivity index (χ0) is 20.5. The van der Waals surface area contributed by atoms with Crippen LogP contribution in [0.25, 0.3) is 0 Å². The van der Waals surface area contributed by atoms with Gasteiger partial charge in [0.25, 0.3) is 5.91 Å². The number of likely N-dealkylation sites (tertiary alicyclic amines) is 1. The highest BCUT2D eigenvalue weighted by Gasteiger charge is 2.30. The number of nitrogens with zero attached hydrogens (tertiary/aromatic N) is 5. The second-order valence-corrected chi connectivity index (χ2v) is 8.62. The van der Waals surface area contributed by atoms with E-state index in [4.69, 9.17) is 11.6 Å². The summed E-state index contributed by atoms with van der Waals surface area (Å²) in [5, 5.41) is 16.2. The third-order valence-electron chi connectivity index (χ3n) is 5.60. The molecule has 0 atom stereocenters. The lowest BCUT2D eigenvalue weighted by molar-refractivity contribution is 0.0789. The first kappa shape index (κ1) is 19.2. The molecule has 1 aromatic carbocycles. The second kappa shape index (κ2) is 8.16. The summed E-state index contributed by atoms with van der Waals surface area (Å²) in [5.41, 5.74) is 3.87. The molecule has 7 nitrogen and oxygen atoms in total. The first-order chi connectivity index (χ1) is 14.6. The normalized spacial score (nSPS) is 17.0. The van der Waals surface area contributed by atoms with Crippen LogP contribution in [0.15, 0.2) is 48.9 Å². The molecule has 5 rings (SSSR count). The van der Waals surface area contributed by atoms with Crippen LogP contribution >= 0.6 is 11.6 Å². The van der Waals surface area contributed by atoms with Gasteiger partial charge in [-0.15, -0.1) is 5.10 Å². The molecule has 1 saturated carbocycles. The molecule has 30 heavy (non-hydrogen) atoms. The highest BCUT2D eigenvalue weighted by Crippen LogP contribution is 2.39. The summed E-state index contributed by atoms with van der Waals surface area (Å²) in [7, 11) is 0. The number of benzene rings is 1. The van der Waals surface area contributed by atoms with Gasteiger partial charge in [0.1, 0.15) is 0 Å². The zero-order valence-corrected chi connectivity index (χ0v) is 17.3. The van der Waals surface area contributed by atoms with Crippen molar-refractivity contribution >= 4 is 17.5 Å². The predicted molar refractivity (Wildman–Crippen MR) is 113 cm³/mol. The summed E-state index contributed by atoms with van der Waals surface area (Å²) < 4.78 is 1.93. The maximum absolute atomic E-state index is 12.5. The van der Waals surface area contributed by atoms with Gasteiger partial charge in [-0.1, -0.05) is 23.7 Å². The smallest absolute Gasteiger partial charge is 0.272 e. The van der Waals surface area contributed by atoms with E-state index in [0.717, 1.165) is 47.9 Å². The van der Waals surface area contributed by atoms with Gasteiger partial charge in [-0.25, -0.2) is 0 Å². The van der Waals surface area contributed by atoms with Crippen LogP contribution in [0, 0.1) is 0 Å². The lowest BCUT2D eigenvalue weighted by Crippen LogP contribution is -2.58. The van der Waals surface area contributed by atoms with Crippen LogP contribution in [-0.4, -0.2) is 49.9 Å². The summed E-state index contributed by atoms with van der Waals surface area (Å²) >= 11 is 5.94. The highest BCUT2D eigenvalue weighted by atomic mass is 35.5. The van der Waals surface area contributed by atoms with Crippen LogP contribution in [0.1, 0.15) is 45.9 Å². The fourth-order valence-electron chi connectivity index (χ4n) is 3.79. The average Bonchev–Trinajstić information content (AvgIpc) is 3.49. The Labute approximate surface area is 180 Å². The fraction of sp³-hybridized carbons (Fsp3) is 0.364. The minimum atomic E-state index is -0.134. The Kier molecular flexibility index (Phi) is 5.23. The maximum atomic E-state index is 12.5. The van der Waals surface area contributed by atoms with E-state index in [2.05, 4.69) is 31.7 Å². The molecule has 2 aromatic heterocycles. The second-order valence-electron chi connectivity index (χ2n) is 8.19. The monoisotopic (exact) mass is 422 g/mol. The van der Waals surface area contributed by atoms with E-state index in [-0.39, 0.29) is 11.9 Å². The number of carbonyl (C=O) groups is 1. The topological polar surface area (TPSA) is 75.9 Å². The summed E-state index contributed by atoms with van der Waals surface area (Å²) in [6.07, 6.45) is 8.11. The van der Waals surface area contributed by atoms with Gasteiger partial charge < -0.3 is 5.32 Å². The quantitative estimate of drug-likeness (QED) is 0.633. The molecule has 0 bridgehead atoms. The average molecular weight is 423 g/mol. The molecule has 1 amide bonds. The Morgan fingerprint density at radius 2 is 1.90 bits per heavy atom. The van der Waals surface area contributed by atoms with Gasteiger partial charge in [0.15, 0.2) is 5.69 Å². The van der Waals surface area contributed by atoms with Crippen molar-refractivity contribution in [1.29, 1.82) is 0 Å². The van der Waals surface area contributed by atoms with E-state index < -0.39 is 0 Å². The van der Waals surface area contributed by atoms with Crippen molar-refractivity contribution in [3.05, 3.63) is 76.3 Å². The van der Waals surface area contributed by atoms with Crippen molar-refractivity contribution in [3.8, 4) is 0 Å². The number of halogens is 1. The third kappa shape index (κ3) is 4.52. The summed E-state index contributed by atoms with van der Waals surface area (Å²) in [5.74, 6) is 0.428. The van der Waals surface area contributed by atoms with Crippen LogP contribution in [-0.2, 0) is 13.1 Å². The number of rotatable bonds is 7. The number of hydrogen-bond acceptors (Lipinski definition) is 5. The number of hydrogen-bond donors (Lipinski definition) is 1. The largest absolute Gasteiger partial charge is 0.345 e. The first-order valence-corrected chi connectivity index (χ1v) is 10.6. The van der Waals surface area contributed by atoms with Crippen LogP contribution in [0.3, 0.4) is 0 Å². The number of carbonyl (C=O) groups excluding carboxylic acids is 1. The highest BCUT2D eigenvalue weighted by molar-refractivity contribution is 6.30. The molecular formula is C22H23ClN6O. The molecule has 0 radical (unpaired) electrons. The number of amides is 1. The minimum Gasteiger partial charge on any atom is -0.345 e. The van der Waals surface area contributed by atoms with Crippen LogP contribution in [0.2, 0.25) is 5.02 Å². The van der Waals surface area contributed by atoms with Crippen molar-refractivity contribution in [1.82, 2.24) is 30.2 Å². The lowest BCUT2D eigenvalue weighted by Gasteiger charge is -2.39. The van der Waals surface area contributed by atoms with Gasteiger partial charge in [-0.3, -0.25) is 14.4 Å². The molecule has 0 spiro atoms. The van der Waals surface area contributed by atoms with Crippen molar-refractivity contribution in [2.75, 3.05) is 13.1 Å². The van der Waals surface area contributed by atoms with Crippen LogP contribution in [0.4, 0.5) is 0 Å². The van der Waals surface area contributed by atoms with E-state index in [0.29, 0.717) is 11.6 Å². The molecule has 2 aliphatic rings. The summed E-state index contributed by atoms with van der Waals surface area (Å²) in [6.45, 7) is 3.19. The van der Waals surface area contributed by atoms with Crippen LogP contribution in [0.5, 0.6) is 0 Å². The summed E-state index contributed by atoms with van der Waals surface area (Å²) in [6, 6.07) is 9.83. The van der Waals surface area contributed by atoms with E-state index >= 15 is 0 Å². The Morgan fingerprint density at radius 3 is 2.67 bits per heavy atom. The Hall–Kier alpha value is -2.77. The van der Waals surface area contributed by atoms with Crippen molar-refractivity contribution in [3.63, 3.8) is 0 Å². The number of aromatic nitrogens is 4. The van der Waals surface area contributed by atoms with Gasteiger partial charge in [-0.2, -0.15) is 10.2 Å². The van der Waals surface area contributed by atoms with Crippen molar-refractivity contribution in [2.24, 2.45) is 0 Å². The van der Waals surface area contributed by atoms with Gasteiger partial charge in [0, 0.05) is 36.4 Å². The molecule has 1 N–H and O–H groups in total. The van der Waals surface area contributed by atoms with E-state index in [1.165, 1.54) is 12.8 Å². The molecule has 3 aromatic rings. The van der Waals surface area contributed by atoms with Crippen molar-refractivity contribution < 1.29 is 4.79 Å². The summed E-state index contributed by atoms with van der Waals surface area (Å²) in [4.78, 5) is 14.7. The third-order valence-corrected chi connectivity index (χ3v) is 5.85. The minimum absolute atomic E-state index is 0.134. The van der Waals surface area contributed by atoms with E-state index in [9.17, 15) is 4.79 Å².